The number of fused-ring (bicyclic) bond motifs is 1. The van der Waals surface area contributed by atoms with Gasteiger partial charge in [0.2, 0.25) is 0 Å². The predicted molar refractivity (Wildman–Crippen MR) is 92.0 cm³/mol. The van der Waals surface area contributed by atoms with Crippen molar-refractivity contribution in [2.75, 3.05) is 18.1 Å². The average Bonchev–Trinajstić information content (AvgIpc) is 2.75. The summed E-state index contributed by atoms with van der Waals surface area (Å²) >= 11 is 0. The summed E-state index contributed by atoms with van der Waals surface area (Å²) in [5.74, 6) is -0.885. The fourth-order valence-corrected chi connectivity index (χ4v) is 4.94. The van der Waals surface area contributed by atoms with Crippen LogP contribution in [0, 0.1) is 0 Å². The second-order valence-corrected chi connectivity index (χ2v) is 9.47. The van der Waals surface area contributed by atoms with Crippen molar-refractivity contribution in [3.8, 4) is 0 Å². The lowest BCUT2D eigenvalue weighted by Crippen LogP contribution is -2.53. The van der Waals surface area contributed by atoms with Crippen molar-refractivity contribution in [2.24, 2.45) is 0 Å². The summed E-state index contributed by atoms with van der Waals surface area (Å²) in [6, 6.07) is 7.08. The number of amides is 1. The summed E-state index contributed by atoms with van der Waals surface area (Å²) in [6.07, 6.45) is -0.552. The Morgan fingerprint density at radius 1 is 1.29 bits per heavy atom. The molecule has 0 radical (unpaired) electrons. The summed E-state index contributed by atoms with van der Waals surface area (Å²) in [5, 5.41) is 18.7. The molecule has 1 amide bonds. The Morgan fingerprint density at radius 3 is 2.46 bits per heavy atom. The number of carboxylic acid groups (broad SMARTS) is 1. The summed E-state index contributed by atoms with van der Waals surface area (Å²) < 4.78 is 24.5. The number of hydrogen-bond donors (Lipinski definition) is 2. The van der Waals surface area contributed by atoms with Crippen LogP contribution in [0.4, 0.5) is 4.79 Å². The molecule has 1 aliphatic carbocycles. The molecule has 0 bridgehead atoms. The summed E-state index contributed by atoms with van der Waals surface area (Å²) in [7, 11) is -3.47. The highest BCUT2D eigenvalue weighted by Crippen LogP contribution is 2.39. The van der Waals surface area contributed by atoms with Gasteiger partial charge in [-0.15, -0.1) is 0 Å². The lowest BCUT2D eigenvalue weighted by atomic mass is 9.95. The normalized spacial score (nSPS) is 20.7. The Labute approximate surface area is 143 Å². The number of nitrogens with zero attached hydrogens (tertiary/aromatic N) is 1. The Kier molecular flexibility index (Phi) is 5.25. The number of carbonyl (C=O) groups is 1. The van der Waals surface area contributed by atoms with Crippen LogP contribution >= 0.6 is 0 Å². The fraction of sp³-hybridized carbons (Fsp3) is 0.588. The van der Waals surface area contributed by atoms with Gasteiger partial charge in [0.05, 0.1) is 18.1 Å². The molecule has 0 unspecified atom stereocenters. The minimum atomic E-state index is -3.47. The van der Waals surface area contributed by atoms with E-state index in [4.69, 9.17) is 5.11 Å². The molecule has 0 spiro atoms. The van der Waals surface area contributed by atoms with Crippen LogP contribution in [0.1, 0.15) is 37.8 Å². The highest BCUT2D eigenvalue weighted by molar-refractivity contribution is 7.91. The molecule has 0 saturated carbocycles. The zero-order valence-electron chi connectivity index (χ0n) is 14.3. The fourth-order valence-electron chi connectivity index (χ4n) is 3.55. The standard InChI is InChI=1S/C17H25NO5S/c1-17(2,3)18(16(20)21)15-10-12-6-4-5-7-13(12)14(15)11-24(22,23)9-8-19/h4-7,14-15,19H,8-11H2,1-3H3,(H,20,21)/t14-,15+/m0/s1. The van der Waals surface area contributed by atoms with E-state index in [0.29, 0.717) is 6.42 Å². The van der Waals surface area contributed by atoms with Gasteiger partial charge in [-0.1, -0.05) is 24.3 Å². The van der Waals surface area contributed by atoms with Gasteiger partial charge in [0.15, 0.2) is 9.84 Å². The molecule has 0 aliphatic heterocycles. The molecule has 1 aromatic rings. The maximum Gasteiger partial charge on any atom is 0.408 e. The van der Waals surface area contributed by atoms with Crippen molar-refractivity contribution in [2.45, 2.75) is 44.7 Å². The molecule has 1 aromatic carbocycles. The van der Waals surface area contributed by atoms with E-state index < -0.39 is 40.0 Å². The molecule has 0 saturated heterocycles. The van der Waals surface area contributed by atoms with Crippen molar-refractivity contribution in [3.05, 3.63) is 35.4 Å². The Bertz CT molecular complexity index is 708. The van der Waals surface area contributed by atoms with Crippen LogP contribution in [0.3, 0.4) is 0 Å². The van der Waals surface area contributed by atoms with Gasteiger partial charge >= 0.3 is 6.09 Å². The minimum Gasteiger partial charge on any atom is -0.465 e. The zero-order valence-corrected chi connectivity index (χ0v) is 15.1. The first-order chi connectivity index (χ1) is 11.1. The molecule has 2 N–H and O–H groups in total. The third-order valence-corrected chi connectivity index (χ3v) is 6.12. The van der Waals surface area contributed by atoms with Gasteiger partial charge in [0, 0.05) is 17.5 Å². The highest BCUT2D eigenvalue weighted by Gasteiger charge is 2.44. The largest absolute Gasteiger partial charge is 0.465 e. The smallest absolute Gasteiger partial charge is 0.408 e. The van der Waals surface area contributed by atoms with Crippen molar-refractivity contribution in [3.63, 3.8) is 0 Å². The Hall–Kier alpha value is -1.60. The molecule has 24 heavy (non-hydrogen) atoms. The number of aliphatic hydroxyl groups excluding tert-OH is 1. The zero-order chi connectivity index (χ0) is 18.1. The van der Waals surface area contributed by atoms with Crippen LogP contribution in [0.25, 0.3) is 0 Å². The summed E-state index contributed by atoms with van der Waals surface area (Å²) in [4.78, 5) is 13.2. The quantitative estimate of drug-likeness (QED) is 0.841. The first-order valence-electron chi connectivity index (χ1n) is 7.98. The lowest BCUT2D eigenvalue weighted by Gasteiger charge is -2.40. The number of benzene rings is 1. The molecule has 2 rings (SSSR count). The first-order valence-corrected chi connectivity index (χ1v) is 9.80. The number of hydrogen-bond acceptors (Lipinski definition) is 4. The van der Waals surface area contributed by atoms with E-state index in [-0.39, 0.29) is 11.5 Å². The number of sulfone groups is 1. The molecular weight excluding hydrogens is 330 g/mol. The second-order valence-electron chi connectivity index (χ2n) is 7.24. The summed E-state index contributed by atoms with van der Waals surface area (Å²) in [5.41, 5.74) is 1.24. The van der Waals surface area contributed by atoms with Gasteiger partial charge in [-0.2, -0.15) is 0 Å². The Morgan fingerprint density at radius 2 is 1.92 bits per heavy atom. The second kappa shape index (κ2) is 6.72. The van der Waals surface area contributed by atoms with E-state index in [1.807, 2.05) is 45.0 Å². The van der Waals surface area contributed by atoms with E-state index in [1.165, 1.54) is 4.90 Å². The van der Waals surface area contributed by atoms with Crippen LogP contribution in [-0.2, 0) is 16.3 Å². The van der Waals surface area contributed by atoms with Gasteiger partial charge in [-0.25, -0.2) is 13.2 Å². The molecule has 0 aromatic heterocycles. The maximum absolute atomic E-state index is 12.3. The van der Waals surface area contributed by atoms with Crippen molar-refractivity contribution < 1.29 is 23.4 Å². The predicted octanol–water partition coefficient (Wildman–Crippen LogP) is 1.88. The third-order valence-electron chi connectivity index (χ3n) is 4.44. The van der Waals surface area contributed by atoms with Gasteiger partial charge in [0.1, 0.15) is 0 Å². The van der Waals surface area contributed by atoms with Crippen LogP contribution < -0.4 is 0 Å². The van der Waals surface area contributed by atoms with Gasteiger partial charge in [-0.3, -0.25) is 4.90 Å². The molecule has 2 atom stereocenters. The average molecular weight is 355 g/mol. The topological polar surface area (TPSA) is 94.9 Å². The van der Waals surface area contributed by atoms with Crippen molar-refractivity contribution >= 4 is 15.9 Å². The Balaban J connectivity index is 2.45. The van der Waals surface area contributed by atoms with Crippen molar-refractivity contribution in [1.29, 1.82) is 0 Å². The number of aliphatic hydroxyl groups is 1. The van der Waals surface area contributed by atoms with E-state index >= 15 is 0 Å². The van der Waals surface area contributed by atoms with Crippen LogP contribution in [0.15, 0.2) is 24.3 Å². The highest BCUT2D eigenvalue weighted by atomic mass is 32.2. The molecule has 134 valence electrons. The minimum absolute atomic E-state index is 0.158. The molecule has 1 aliphatic rings. The third kappa shape index (κ3) is 3.89. The van der Waals surface area contributed by atoms with E-state index in [1.54, 1.807) is 0 Å². The molecular formula is C17H25NO5S. The monoisotopic (exact) mass is 355 g/mol. The maximum atomic E-state index is 12.3. The molecule has 7 heteroatoms. The first kappa shape index (κ1) is 18.7. The molecule has 0 heterocycles. The van der Waals surface area contributed by atoms with E-state index in [2.05, 4.69) is 0 Å². The van der Waals surface area contributed by atoms with Crippen LogP contribution in [0.2, 0.25) is 0 Å². The molecule has 6 nitrogen and oxygen atoms in total. The number of rotatable bonds is 5. The van der Waals surface area contributed by atoms with Gasteiger partial charge in [0.25, 0.3) is 0 Å². The van der Waals surface area contributed by atoms with Crippen LogP contribution in [0.5, 0.6) is 0 Å². The van der Waals surface area contributed by atoms with Crippen molar-refractivity contribution in [1.82, 2.24) is 4.90 Å². The lowest BCUT2D eigenvalue weighted by molar-refractivity contribution is 0.0665. The summed E-state index contributed by atoms with van der Waals surface area (Å²) in [6.45, 7) is 5.00. The van der Waals surface area contributed by atoms with Gasteiger partial charge in [-0.05, 0) is 38.3 Å². The van der Waals surface area contributed by atoms with E-state index in [9.17, 15) is 18.3 Å². The molecule has 0 fully saturated rings. The van der Waals surface area contributed by atoms with E-state index in [0.717, 1.165) is 11.1 Å². The SMILES string of the molecule is CC(C)(C)N(C(=O)O)[C@@H]1Cc2ccccc2[C@@H]1CS(=O)(=O)CCO. The van der Waals surface area contributed by atoms with Crippen LogP contribution in [-0.4, -0.2) is 59.3 Å². The van der Waals surface area contributed by atoms with Gasteiger partial charge < -0.3 is 10.2 Å².